The minimum absolute atomic E-state index is 0.883. The van der Waals surface area contributed by atoms with Crippen LogP contribution in [-0.2, 0) is 5.60 Å². The van der Waals surface area contributed by atoms with E-state index in [1.807, 2.05) is 24.3 Å². The van der Waals surface area contributed by atoms with E-state index < -0.39 is 5.60 Å². The number of nitrogens with zero attached hydrogens (tertiary/aromatic N) is 2. The first kappa shape index (κ1) is 19.8. The summed E-state index contributed by atoms with van der Waals surface area (Å²) >= 11 is 0. The third kappa shape index (κ3) is 2.33. The number of hydrogen-bond acceptors (Lipinski definition) is 2. The molecule has 6 aromatic rings. The van der Waals surface area contributed by atoms with Crippen LogP contribution in [0.1, 0.15) is 22.3 Å². The molecule has 1 aromatic heterocycles. The highest BCUT2D eigenvalue weighted by Gasteiger charge is 2.50. The Labute approximate surface area is 208 Å². The Morgan fingerprint density at radius 2 is 1.33 bits per heavy atom. The lowest BCUT2D eigenvalue weighted by atomic mass is 9.86. The maximum absolute atomic E-state index is 12.5. The second-order valence-electron chi connectivity index (χ2n) is 9.79. The van der Waals surface area contributed by atoms with E-state index in [0.29, 0.717) is 0 Å². The van der Waals surface area contributed by atoms with Gasteiger partial charge < -0.3 is 5.11 Å². The highest BCUT2D eigenvalue weighted by atomic mass is 16.3. The summed E-state index contributed by atoms with van der Waals surface area (Å²) < 4.78 is 2.23. The molecule has 0 saturated heterocycles. The Morgan fingerprint density at radius 1 is 0.639 bits per heavy atom. The first-order chi connectivity index (χ1) is 17.7. The van der Waals surface area contributed by atoms with Crippen LogP contribution in [0.4, 0.5) is 0 Å². The van der Waals surface area contributed by atoms with Gasteiger partial charge in [-0.05, 0) is 65.1 Å². The van der Waals surface area contributed by atoms with E-state index in [4.69, 9.17) is 4.98 Å². The van der Waals surface area contributed by atoms with Gasteiger partial charge in [0.2, 0.25) is 0 Å². The fourth-order valence-corrected chi connectivity index (χ4v) is 6.36. The van der Waals surface area contributed by atoms with Gasteiger partial charge in [-0.15, -0.1) is 0 Å². The van der Waals surface area contributed by atoms with Gasteiger partial charge in [0.1, 0.15) is 11.4 Å². The van der Waals surface area contributed by atoms with Gasteiger partial charge in [0, 0.05) is 27.9 Å². The zero-order chi connectivity index (χ0) is 24.0. The number of aliphatic hydroxyl groups is 1. The van der Waals surface area contributed by atoms with E-state index in [9.17, 15) is 5.11 Å². The lowest BCUT2D eigenvalue weighted by molar-refractivity contribution is 0.135. The maximum atomic E-state index is 12.5. The van der Waals surface area contributed by atoms with E-state index in [2.05, 4.69) is 96.4 Å². The highest BCUT2D eigenvalue weighted by Crippen LogP contribution is 2.60. The number of para-hydroxylation sites is 3. The van der Waals surface area contributed by atoms with E-state index in [1.165, 1.54) is 0 Å². The second-order valence-corrected chi connectivity index (χ2v) is 9.79. The number of benzene rings is 5. The number of aryl methyl sites for hydroxylation is 1. The first-order valence-corrected chi connectivity index (χ1v) is 12.3. The highest BCUT2D eigenvalue weighted by molar-refractivity contribution is 5.97. The summed E-state index contributed by atoms with van der Waals surface area (Å²) in [7, 11) is 0. The number of hydrogen-bond donors (Lipinski definition) is 1. The molecule has 0 bridgehead atoms. The Hall–Kier alpha value is -4.47. The van der Waals surface area contributed by atoms with Crippen LogP contribution in [0.25, 0.3) is 50.4 Å². The Bertz CT molecular complexity index is 1860. The summed E-state index contributed by atoms with van der Waals surface area (Å²) in [5.41, 5.74) is 11.4. The van der Waals surface area contributed by atoms with Gasteiger partial charge in [0.05, 0.1) is 11.0 Å². The first-order valence-electron chi connectivity index (χ1n) is 12.3. The van der Waals surface area contributed by atoms with Gasteiger partial charge >= 0.3 is 0 Å². The van der Waals surface area contributed by atoms with Crippen molar-refractivity contribution in [2.45, 2.75) is 12.5 Å². The summed E-state index contributed by atoms with van der Waals surface area (Å²) in [6.07, 6.45) is 0. The van der Waals surface area contributed by atoms with Crippen molar-refractivity contribution >= 4 is 11.0 Å². The largest absolute Gasteiger partial charge is 0.376 e. The molecule has 2 aliphatic rings. The van der Waals surface area contributed by atoms with E-state index in [0.717, 1.165) is 72.6 Å². The van der Waals surface area contributed by atoms with Crippen molar-refractivity contribution in [3.05, 3.63) is 131 Å². The van der Waals surface area contributed by atoms with Gasteiger partial charge in [-0.25, -0.2) is 4.98 Å². The molecule has 3 heteroatoms. The standard InChI is InChI=1S/C33H22N2O/c1-20-18-26-24-14-9-13-23-22-12-5-6-15-27(22)33(36,31(23)24)28(26)19-25(20)32-34-29-16-7-8-17-30(29)35(32)21-10-3-2-4-11-21/h2-19,36H,1H3. The smallest absolute Gasteiger partial charge is 0.146 e. The third-order valence-corrected chi connectivity index (χ3v) is 7.89. The lowest BCUT2D eigenvalue weighted by Crippen LogP contribution is -2.23. The summed E-state index contributed by atoms with van der Waals surface area (Å²) in [6, 6.07) is 37.7. The molecule has 1 atom stereocenters. The molecule has 5 aromatic carbocycles. The minimum Gasteiger partial charge on any atom is -0.376 e. The summed E-state index contributed by atoms with van der Waals surface area (Å²) in [6.45, 7) is 2.14. The lowest BCUT2D eigenvalue weighted by Gasteiger charge is -2.24. The number of aromatic nitrogens is 2. The molecule has 36 heavy (non-hydrogen) atoms. The second kappa shape index (κ2) is 6.81. The molecule has 1 heterocycles. The van der Waals surface area contributed by atoms with Crippen molar-refractivity contribution in [2.75, 3.05) is 0 Å². The average molecular weight is 463 g/mol. The molecule has 0 fully saturated rings. The molecule has 0 aliphatic heterocycles. The van der Waals surface area contributed by atoms with E-state index >= 15 is 0 Å². The van der Waals surface area contributed by atoms with Gasteiger partial charge in [-0.1, -0.05) is 78.9 Å². The Kier molecular flexibility index (Phi) is 3.74. The van der Waals surface area contributed by atoms with Crippen LogP contribution in [-0.4, -0.2) is 14.7 Å². The Morgan fingerprint density at radius 3 is 2.19 bits per heavy atom. The molecular formula is C33H22N2O. The van der Waals surface area contributed by atoms with Crippen molar-refractivity contribution in [3.8, 4) is 39.3 Å². The topological polar surface area (TPSA) is 38.0 Å². The number of rotatable bonds is 2. The zero-order valence-electron chi connectivity index (χ0n) is 19.7. The molecule has 0 radical (unpaired) electrons. The van der Waals surface area contributed by atoms with Gasteiger partial charge in [-0.3, -0.25) is 4.57 Å². The van der Waals surface area contributed by atoms with E-state index in [-0.39, 0.29) is 0 Å². The molecule has 1 N–H and O–H groups in total. The molecule has 2 aliphatic carbocycles. The van der Waals surface area contributed by atoms with Gasteiger partial charge in [0.15, 0.2) is 0 Å². The van der Waals surface area contributed by atoms with Crippen LogP contribution in [0.2, 0.25) is 0 Å². The number of imidazole rings is 1. The van der Waals surface area contributed by atoms with E-state index in [1.54, 1.807) is 0 Å². The molecule has 0 saturated carbocycles. The zero-order valence-corrected chi connectivity index (χ0v) is 19.7. The molecule has 1 unspecified atom stereocenters. The minimum atomic E-state index is -1.16. The summed E-state index contributed by atoms with van der Waals surface area (Å²) in [5, 5.41) is 12.5. The maximum Gasteiger partial charge on any atom is 0.146 e. The van der Waals surface area contributed by atoms with Crippen molar-refractivity contribution in [1.82, 2.24) is 9.55 Å². The van der Waals surface area contributed by atoms with Crippen molar-refractivity contribution in [3.63, 3.8) is 0 Å². The quantitative estimate of drug-likeness (QED) is 0.294. The predicted molar refractivity (Wildman–Crippen MR) is 144 cm³/mol. The molecule has 0 spiro atoms. The van der Waals surface area contributed by atoms with Crippen LogP contribution in [0.5, 0.6) is 0 Å². The summed E-state index contributed by atoms with van der Waals surface area (Å²) in [5.74, 6) is 0.883. The van der Waals surface area contributed by atoms with Gasteiger partial charge in [-0.2, -0.15) is 0 Å². The molecule has 3 nitrogen and oxygen atoms in total. The fraction of sp³-hybridized carbons (Fsp3) is 0.0606. The molecule has 0 amide bonds. The SMILES string of the molecule is Cc1cc2c(cc1-c1nc3ccccc3n1-c1ccccc1)C1(O)c3ccccc3-c3cccc-2c31. The average Bonchev–Trinajstić information content (AvgIpc) is 3.52. The van der Waals surface area contributed by atoms with Crippen LogP contribution in [0.15, 0.2) is 109 Å². The fourth-order valence-electron chi connectivity index (χ4n) is 6.36. The summed E-state index contributed by atoms with van der Waals surface area (Å²) in [4.78, 5) is 5.11. The van der Waals surface area contributed by atoms with Gasteiger partial charge in [0.25, 0.3) is 0 Å². The van der Waals surface area contributed by atoms with Crippen LogP contribution < -0.4 is 0 Å². The predicted octanol–water partition coefficient (Wildman–Crippen LogP) is 7.25. The van der Waals surface area contributed by atoms with Crippen molar-refractivity contribution in [2.24, 2.45) is 0 Å². The van der Waals surface area contributed by atoms with Crippen molar-refractivity contribution in [1.29, 1.82) is 0 Å². The number of fused-ring (bicyclic) bond motifs is 7. The normalized spacial score (nSPS) is 16.7. The monoisotopic (exact) mass is 462 g/mol. The van der Waals surface area contributed by atoms with Crippen LogP contribution >= 0.6 is 0 Å². The molecule has 170 valence electrons. The Balaban J connectivity index is 1.45. The van der Waals surface area contributed by atoms with Crippen LogP contribution in [0.3, 0.4) is 0 Å². The van der Waals surface area contributed by atoms with Crippen molar-refractivity contribution < 1.29 is 5.11 Å². The third-order valence-electron chi connectivity index (χ3n) is 7.89. The van der Waals surface area contributed by atoms with Crippen LogP contribution in [0, 0.1) is 6.92 Å². The molecule has 8 rings (SSSR count). The molecular weight excluding hydrogens is 440 g/mol.